The van der Waals surface area contributed by atoms with E-state index in [0.29, 0.717) is 17.5 Å². The topological polar surface area (TPSA) is 85.8 Å². The highest BCUT2D eigenvalue weighted by molar-refractivity contribution is 8.00. The zero-order valence-electron chi connectivity index (χ0n) is 11.4. The van der Waals surface area contributed by atoms with Gasteiger partial charge in [-0.05, 0) is 24.8 Å². The first-order valence-electron chi connectivity index (χ1n) is 6.32. The molecule has 20 heavy (non-hydrogen) atoms. The molecule has 6 nitrogen and oxygen atoms in total. The van der Waals surface area contributed by atoms with E-state index >= 15 is 0 Å². The van der Waals surface area contributed by atoms with Crippen LogP contribution in [0.4, 0.5) is 0 Å². The van der Waals surface area contributed by atoms with Gasteiger partial charge in [0.05, 0.1) is 10.1 Å². The van der Waals surface area contributed by atoms with Crippen molar-refractivity contribution in [3.8, 4) is 10.7 Å². The molecule has 0 saturated heterocycles. The molecule has 0 saturated carbocycles. The van der Waals surface area contributed by atoms with Gasteiger partial charge in [0.15, 0.2) is 5.82 Å². The first-order valence-corrected chi connectivity index (χ1v) is 8.08. The maximum atomic E-state index is 11.8. The molecule has 1 atom stereocenters. The zero-order valence-corrected chi connectivity index (χ0v) is 13.0. The molecule has 2 aromatic heterocycles. The summed E-state index contributed by atoms with van der Waals surface area (Å²) < 4.78 is 1.43. The van der Waals surface area contributed by atoms with Gasteiger partial charge in [-0.25, -0.2) is 4.68 Å². The number of aromatic nitrogens is 3. The highest BCUT2D eigenvalue weighted by Crippen LogP contribution is 2.27. The van der Waals surface area contributed by atoms with Crippen LogP contribution in [0.3, 0.4) is 0 Å². The standard InChI is InChI=1S/C12H17N5OS2/c1-3-6-14-11(18)8(2)20-12-16-15-10(17(12)13)9-5-4-7-19-9/h4-5,7-8H,3,6,13H2,1-2H3,(H,14,18). The largest absolute Gasteiger partial charge is 0.355 e. The fourth-order valence-corrected chi connectivity index (χ4v) is 3.03. The molecule has 0 radical (unpaired) electrons. The third-order valence-electron chi connectivity index (χ3n) is 2.61. The van der Waals surface area contributed by atoms with Crippen LogP contribution in [0.5, 0.6) is 0 Å². The van der Waals surface area contributed by atoms with Crippen molar-refractivity contribution in [2.24, 2.45) is 0 Å². The normalized spacial score (nSPS) is 12.3. The summed E-state index contributed by atoms with van der Waals surface area (Å²) in [6.07, 6.45) is 0.915. The van der Waals surface area contributed by atoms with E-state index in [9.17, 15) is 4.79 Å². The third kappa shape index (κ3) is 3.31. The van der Waals surface area contributed by atoms with Crippen molar-refractivity contribution >= 4 is 29.0 Å². The smallest absolute Gasteiger partial charge is 0.233 e. The van der Waals surface area contributed by atoms with Gasteiger partial charge >= 0.3 is 0 Å². The maximum Gasteiger partial charge on any atom is 0.233 e. The summed E-state index contributed by atoms with van der Waals surface area (Å²) >= 11 is 2.85. The predicted octanol–water partition coefficient (Wildman–Crippen LogP) is 1.73. The molecule has 0 aliphatic heterocycles. The number of hydrogen-bond acceptors (Lipinski definition) is 6. The summed E-state index contributed by atoms with van der Waals surface area (Å²) in [7, 11) is 0. The van der Waals surface area contributed by atoms with Crippen LogP contribution in [0.2, 0.25) is 0 Å². The van der Waals surface area contributed by atoms with Gasteiger partial charge in [0.2, 0.25) is 11.1 Å². The molecule has 0 aliphatic carbocycles. The van der Waals surface area contributed by atoms with E-state index in [2.05, 4.69) is 15.5 Å². The van der Waals surface area contributed by atoms with Crippen LogP contribution in [0.1, 0.15) is 20.3 Å². The molecule has 0 fully saturated rings. The monoisotopic (exact) mass is 311 g/mol. The van der Waals surface area contributed by atoms with E-state index in [1.165, 1.54) is 16.4 Å². The van der Waals surface area contributed by atoms with Crippen molar-refractivity contribution in [1.82, 2.24) is 20.2 Å². The van der Waals surface area contributed by atoms with E-state index in [0.717, 1.165) is 11.3 Å². The average Bonchev–Trinajstić information content (AvgIpc) is 3.07. The maximum absolute atomic E-state index is 11.8. The van der Waals surface area contributed by atoms with Gasteiger partial charge in [-0.3, -0.25) is 4.79 Å². The van der Waals surface area contributed by atoms with Crippen LogP contribution in [0, 0.1) is 0 Å². The Kier molecular flexibility index (Phi) is 5.02. The number of nitrogen functional groups attached to an aromatic ring is 1. The SMILES string of the molecule is CCCNC(=O)C(C)Sc1nnc(-c2cccs2)n1N. The Morgan fingerprint density at radius 1 is 1.60 bits per heavy atom. The summed E-state index contributed by atoms with van der Waals surface area (Å²) in [5.41, 5.74) is 0. The number of nitrogens with one attached hydrogen (secondary N) is 1. The second-order valence-corrected chi connectivity index (χ2v) is 6.46. The Labute approximate surface area is 125 Å². The number of thioether (sulfide) groups is 1. The van der Waals surface area contributed by atoms with Gasteiger partial charge in [-0.15, -0.1) is 21.5 Å². The summed E-state index contributed by atoms with van der Waals surface area (Å²) in [5, 5.41) is 13.2. The average molecular weight is 311 g/mol. The Bertz CT molecular complexity index is 566. The molecule has 2 heterocycles. The molecule has 0 aromatic carbocycles. The number of thiophene rings is 1. The van der Waals surface area contributed by atoms with Crippen molar-refractivity contribution in [2.75, 3.05) is 12.4 Å². The first kappa shape index (κ1) is 14.9. The van der Waals surface area contributed by atoms with Crippen LogP contribution >= 0.6 is 23.1 Å². The van der Waals surface area contributed by atoms with Crippen LogP contribution in [-0.2, 0) is 4.79 Å². The quantitative estimate of drug-likeness (QED) is 0.627. The van der Waals surface area contributed by atoms with Gasteiger partial charge < -0.3 is 11.2 Å². The number of nitrogens with zero attached hydrogens (tertiary/aromatic N) is 3. The second kappa shape index (κ2) is 6.76. The molecule has 3 N–H and O–H groups in total. The number of carbonyl (C=O) groups is 1. The summed E-state index contributed by atoms with van der Waals surface area (Å²) in [4.78, 5) is 12.8. The lowest BCUT2D eigenvalue weighted by Crippen LogP contribution is -2.31. The number of nitrogens with two attached hydrogens (primary N) is 1. The van der Waals surface area contributed by atoms with Crippen molar-refractivity contribution < 1.29 is 4.79 Å². The zero-order chi connectivity index (χ0) is 14.5. The van der Waals surface area contributed by atoms with Gasteiger partial charge in [0.1, 0.15) is 0 Å². The molecule has 2 aromatic rings. The Balaban J connectivity index is 2.05. The minimum atomic E-state index is -0.260. The minimum absolute atomic E-state index is 0.0162. The summed E-state index contributed by atoms with van der Waals surface area (Å²) in [6.45, 7) is 4.52. The van der Waals surface area contributed by atoms with Gasteiger partial charge in [0.25, 0.3) is 0 Å². The Morgan fingerprint density at radius 2 is 2.40 bits per heavy atom. The van der Waals surface area contributed by atoms with Crippen LogP contribution in [-0.4, -0.2) is 32.6 Å². The minimum Gasteiger partial charge on any atom is -0.355 e. The number of hydrogen-bond donors (Lipinski definition) is 2. The third-order valence-corrected chi connectivity index (χ3v) is 4.53. The Hall–Kier alpha value is -1.54. The molecule has 0 aliphatic rings. The number of amides is 1. The molecule has 2 rings (SSSR count). The summed E-state index contributed by atoms with van der Waals surface area (Å²) in [5.74, 6) is 6.59. The van der Waals surface area contributed by atoms with Gasteiger partial charge in [0, 0.05) is 6.54 Å². The fourth-order valence-electron chi connectivity index (χ4n) is 1.53. The number of rotatable bonds is 6. The van der Waals surface area contributed by atoms with Gasteiger partial charge in [-0.2, -0.15) is 0 Å². The molecule has 108 valence electrons. The van der Waals surface area contributed by atoms with E-state index in [1.54, 1.807) is 11.3 Å². The second-order valence-electron chi connectivity index (χ2n) is 4.20. The van der Waals surface area contributed by atoms with Crippen molar-refractivity contribution in [3.63, 3.8) is 0 Å². The Morgan fingerprint density at radius 3 is 3.05 bits per heavy atom. The summed E-state index contributed by atoms with van der Waals surface area (Å²) in [6, 6.07) is 3.87. The lowest BCUT2D eigenvalue weighted by Gasteiger charge is -2.10. The fraction of sp³-hybridized carbons (Fsp3) is 0.417. The lowest BCUT2D eigenvalue weighted by atomic mass is 10.4. The highest BCUT2D eigenvalue weighted by Gasteiger charge is 2.19. The van der Waals surface area contributed by atoms with Crippen molar-refractivity contribution in [1.29, 1.82) is 0 Å². The molecule has 1 unspecified atom stereocenters. The van der Waals surface area contributed by atoms with Crippen LogP contribution in [0.25, 0.3) is 10.7 Å². The molecule has 0 bridgehead atoms. The van der Waals surface area contributed by atoms with E-state index < -0.39 is 0 Å². The van der Waals surface area contributed by atoms with Crippen LogP contribution in [0.15, 0.2) is 22.7 Å². The molecule has 8 heteroatoms. The lowest BCUT2D eigenvalue weighted by molar-refractivity contribution is -0.120. The van der Waals surface area contributed by atoms with Crippen molar-refractivity contribution in [2.45, 2.75) is 30.7 Å². The number of carbonyl (C=O) groups excluding carboxylic acids is 1. The van der Waals surface area contributed by atoms with Gasteiger partial charge in [-0.1, -0.05) is 24.8 Å². The molecule has 0 spiro atoms. The predicted molar refractivity (Wildman–Crippen MR) is 82.1 cm³/mol. The molecule has 1 amide bonds. The first-order chi connectivity index (χ1) is 9.63. The highest BCUT2D eigenvalue weighted by atomic mass is 32.2. The van der Waals surface area contributed by atoms with Crippen LogP contribution < -0.4 is 11.2 Å². The van der Waals surface area contributed by atoms with Crippen molar-refractivity contribution in [3.05, 3.63) is 17.5 Å². The van der Waals surface area contributed by atoms with E-state index in [4.69, 9.17) is 5.84 Å². The van der Waals surface area contributed by atoms with E-state index in [-0.39, 0.29) is 11.2 Å². The molecular formula is C12H17N5OS2. The van der Waals surface area contributed by atoms with E-state index in [1.807, 2.05) is 31.4 Å². The molecular weight excluding hydrogens is 294 g/mol.